The molecule has 11 heteroatoms. The first-order valence-corrected chi connectivity index (χ1v) is 11.6. The van der Waals surface area contributed by atoms with Crippen LogP contribution in [-0.4, -0.2) is 37.5 Å². The van der Waals surface area contributed by atoms with Gasteiger partial charge in [-0.05, 0) is 51.5 Å². The standard InChI is InChI=1S/C26H24N6O5/c1-16(2)37-12-6-11-31-23(29-25(33)18-9-8-17(3)21(14-18)32(35)36)19(15-27)13-20-24(31)28-22-7-4-5-10-30(22)26(20)34/h4-5,7-10,13-14,16H,6,11-12H2,1-3H3. The van der Waals surface area contributed by atoms with Crippen molar-refractivity contribution in [1.82, 2.24) is 14.0 Å². The Bertz CT molecular complexity index is 1710. The highest BCUT2D eigenvalue weighted by Crippen LogP contribution is 2.20. The molecule has 0 spiro atoms. The average molecular weight is 501 g/mol. The molecule has 0 atom stereocenters. The molecule has 4 aromatic rings. The highest BCUT2D eigenvalue weighted by atomic mass is 16.6. The predicted octanol–water partition coefficient (Wildman–Crippen LogP) is 3.29. The molecule has 0 unspecified atom stereocenters. The fourth-order valence-corrected chi connectivity index (χ4v) is 3.93. The Morgan fingerprint density at radius 2 is 2.05 bits per heavy atom. The van der Waals surface area contributed by atoms with Gasteiger partial charge in [0.05, 0.1) is 22.0 Å². The summed E-state index contributed by atoms with van der Waals surface area (Å²) in [6.45, 7) is 6.05. The van der Waals surface area contributed by atoms with Gasteiger partial charge >= 0.3 is 0 Å². The van der Waals surface area contributed by atoms with Crippen LogP contribution < -0.4 is 11.0 Å². The summed E-state index contributed by atoms with van der Waals surface area (Å²) >= 11 is 0. The lowest BCUT2D eigenvalue weighted by Gasteiger charge is -2.14. The quantitative estimate of drug-likeness (QED) is 0.164. The maximum Gasteiger partial charge on any atom is 0.279 e. The topological polar surface area (TPSA) is 145 Å². The van der Waals surface area contributed by atoms with Gasteiger partial charge in [0.2, 0.25) is 0 Å². The molecule has 0 aliphatic carbocycles. The smallest absolute Gasteiger partial charge is 0.279 e. The predicted molar refractivity (Wildman–Crippen MR) is 135 cm³/mol. The van der Waals surface area contributed by atoms with E-state index in [1.807, 2.05) is 19.9 Å². The molecule has 0 bridgehead atoms. The van der Waals surface area contributed by atoms with Crippen molar-refractivity contribution in [2.24, 2.45) is 4.99 Å². The van der Waals surface area contributed by atoms with Gasteiger partial charge in [-0.1, -0.05) is 12.1 Å². The van der Waals surface area contributed by atoms with E-state index in [2.05, 4.69) is 9.98 Å². The lowest BCUT2D eigenvalue weighted by atomic mass is 10.1. The number of amides is 1. The highest BCUT2D eigenvalue weighted by molar-refractivity contribution is 5.95. The fraction of sp³-hybridized carbons (Fsp3) is 0.269. The molecule has 3 aromatic heterocycles. The number of carbonyl (C=O) groups is 1. The van der Waals surface area contributed by atoms with E-state index in [0.29, 0.717) is 24.2 Å². The van der Waals surface area contributed by atoms with Crippen LogP contribution in [-0.2, 0) is 11.3 Å². The van der Waals surface area contributed by atoms with E-state index in [0.717, 1.165) is 6.07 Å². The van der Waals surface area contributed by atoms with Crippen LogP contribution in [0.25, 0.3) is 16.7 Å². The average Bonchev–Trinajstić information content (AvgIpc) is 2.87. The molecule has 4 rings (SSSR count). The van der Waals surface area contributed by atoms with Crippen LogP contribution >= 0.6 is 0 Å². The Morgan fingerprint density at radius 3 is 2.76 bits per heavy atom. The number of nitriles is 1. The molecule has 1 amide bonds. The number of ether oxygens (including phenoxy) is 1. The van der Waals surface area contributed by atoms with E-state index < -0.39 is 10.8 Å². The van der Waals surface area contributed by atoms with Crippen LogP contribution in [0.5, 0.6) is 0 Å². The normalized spacial score (nSPS) is 11.8. The van der Waals surface area contributed by atoms with Gasteiger partial charge in [-0.2, -0.15) is 10.3 Å². The molecular weight excluding hydrogens is 476 g/mol. The van der Waals surface area contributed by atoms with Crippen LogP contribution in [0.4, 0.5) is 5.69 Å². The minimum absolute atomic E-state index is 0.00187. The van der Waals surface area contributed by atoms with Crippen molar-refractivity contribution >= 4 is 28.3 Å². The van der Waals surface area contributed by atoms with Crippen molar-refractivity contribution in [3.05, 3.63) is 91.3 Å². The van der Waals surface area contributed by atoms with E-state index in [1.54, 1.807) is 35.9 Å². The number of pyridine rings is 2. The van der Waals surface area contributed by atoms with Crippen LogP contribution in [0.1, 0.15) is 41.8 Å². The number of carbonyl (C=O) groups excluding carboxylic acids is 1. The van der Waals surface area contributed by atoms with Crippen molar-refractivity contribution in [1.29, 1.82) is 5.26 Å². The number of nitro groups is 1. The van der Waals surface area contributed by atoms with Gasteiger partial charge in [-0.25, -0.2) is 4.98 Å². The molecule has 1 aromatic carbocycles. The second kappa shape index (κ2) is 10.5. The molecule has 0 radical (unpaired) electrons. The zero-order valence-electron chi connectivity index (χ0n) is 20.5. The van der Waals surface area contributed by atoms with E-state index in [4.69, 9.17) is 4.74 Å². The summed E-state index contributed by atoms with van der Waals surface area (Å²) in [5.41, 5.74) is 0.506. The molecule has 0 saturated heterocycles. The molecule has 3 heterocycles. The van der Waals surface area contributed by atoms with Gasteiger partial charge in [0.15, 0.2) is 5.49 Å². The first-order valence-electron chi connectivity index (χ1n) is 11.6. The highest BCUT2D eigenvalue weighted by Gasteiger charge is 2.18. The van der Waals surface area contributed by atoms with Gasteiger partial charge in [0.1, 0.15) is 17.4 Å². The molecule has 0 aliphatic rings. The lowest BCUT2D eigenvalue weighted by Crippen LogP contribution is -2.30. The number of nitrogens with zero attached hydrogens (tertiary/aromatic N) is 6. The second-order valence-corrected chi connectivity index (χ2v) is 8.68. The van der Waals surface area contributed by atoms with E-state index in [1.165, 1.54) is 22.6 Å². The Balaban J connectivity index is 1.97. The van der Waals surface area contributed by atoms with Gasteiger partial charge in [-0.15, -0.1) is 0 Å². The first-order chi connectivity index (χ1) is 17.7. The van der Waals surface area contributed by atoms with Gasteiger partial charge in [0.25, 0.3) is 17.2 Å². The summed E-state index contributed by atoms with van der Waals surface area (Å²) in [4.78, 5) is 46.0. The largest absolute Gasteiger partial charge is 0.379 e. The Kier molecular flexibility index (Phi) is 7.22. The molecule has 188 valence electrons. The fourth-order valence-electron chi connectivity index (χ4n) is 3.93. The minimum atomic E-state index is -0.761. The second-order valence-electron chi connectivity index (χ2n) is 8.68. The van der Waals surface area contributed by atoms with Gasteiger partial charge in [-0.3, -0.25) is 24.1 Å². The van der Waals surface area contributed by atoms with E-state index in [-0.39, 0.29) is 51.5 Å². The minimum Gasteiger partial charge on any atom is -0.379 e. The molecule has 37 heavy (non-hydrogen) atoms. The molecule has 0 saturated carbocycles. The zero-order valence-corrected chi connectivity index (χ0v) is 20.5. The molecule has 0 aliphatic heterocycles. The van der Waals surface area contributed by atoms with Crippen molar-refractivity contribution in [3.63, 3.8) is 0 Å². The summed E-state index contributed by atoms with van der Waals surface area (Å²) in [5, 5.41) is 21.5. The number of nitro benzene ring substituents is 1. The summed E-state index contributed by atoms with van der Waals surface area (Å²) in [6, 6.07) is 12.6. The van der Waals surface area contributed by atoms with Crippen molar-refractivity contribution in [3.8, 4) is 6.07 Å². The van der Waals surface area contributed by atoms with Gasteiger partial charge in [0, 0.05) is 36.5 Å². The summed E-state index contributed by atoms with van der Waals surface area (Å²) in [6.07, 6.45) is 2.10. The van der Waals surface area contributed by atoms with Crippen molar-refractivity contribution in [2.45, 2.75) is 39.8 Å². The summed E-state index contributed by atoms with van der Waals surface area (Å²) in [7, 11) is 0. The number of rotatable bonds is 7. The number of hydrogen-bond donors (Lipinski definition) is 0. The molecule has 0 fully saturated rings. The monoisotopic (exact) mass is 500 g/mol. The summed E-state index contributed by atoms with van der Waals surface area (Å²) < 4.78 is 8.58. The lowest BCUT2D eigenvalue weighted by molar-refractivity contribution is -0.385. The zero-order chi connectivity index (χ0) is 26.7. The maximum atomic E-state index is 13.2. The van der Waals surface area contributed by atoms with Crippen LogP contribution in [0.15, 0.2) is 58.4 Å². The maximum absolute atomic E-state index is 13.2. The van der Waals surface area contributed by atoms with E-state index in [9.17, 15) is 25.0 Å². The van der Waals surface area contributed by atoms with Crippen molar-refractivity contribution in [2.75, 3.05) is 6.61 Å². The Morgan fingerprint density at radius 1 is 1.27 bits per heavy atom. The third-order valence-corrected chi connectivity index (χ3v) is 5.75. The van der Waals surface area contributed by atoms with Crippen LogP contribution in [0, 0.1) is 28.4 Å². The Hall–Kier alpha value is -4.69. The number of aryl methyl sites for hydroxylation is 2. The third kappa shape index (κ3) is 5.14. The van der Waals surface area contributed by atoms with E-state index >= 15 is 0 Å². The number of aromatic nitrogens is 3. The number of benzene rings is 1. The molecule has 11 nitrogen and oxygen atoms in total. The third-order valence-electron chi connectivity index (χ3n) is 5.75. The molecular formula is C26H24N6O5. The number of fused-ring (bicyclic) bond motifs is 2. The Labute approximate surface area is 211 Å². The van der Waals surface area contributed by atoms with Gasteiger partial charge < -0.3 is 9.30 Å². The van der Waals surface area contributed by atoms with Crippen molar-refractivity contribution < 1.29 is 14.5 Å². The van der Waals surface area contributed by atoms with Crippen LogP contribution in [0.2, 0.25) is 0 Å². The SMILES string of the molecule is Cc1ccc(C(=O)N=c2c(C#N)cc3c(=O)n4ccccc4nc3n2CCCOC(C)C)cc1[N+](=O)[O-]. The molecule has 0 N–H and O–H groups in total. The number of hydrogen-bond acceptors (Lipinski definition) is 7. The summed E-state index contributed by atoms with van der Waals surface area (Å²) in [5.74, 6) is -0.761. The van der Waals surface area contributed by atoms with Crippen LogP contribution in [0.3, 0.4) is 0 Å². The first kappa shape index (κ1) is 25.4.